The minimum atomic E-state index is 0.556. The second-order valence-corrected chi connectivity index (χ2v) is 6.34. The molecule has 2 rings (SSSR count). The van der Waals surface area contributed by atoms with Crippen molar-refractivity contribution in [3.63, 3.8) is 0 Å². The van der Waals surface area contributed by atoms with Crippen LogP contribution in [0.3, 0.4) is 0 Å². The Hall–Kier alpha value is -1.07. The fourth-order valence-corrected chi connectivity index (χ4v) is 2.79. The Morgan fingerprint density at radius 2 is 1.89 bits per heavy atom. The van der Waals surface area contributed by atoms with Gasteiger partial charge in [0.2, 0.25) is 5.95 Å². The average molecular weight is 338 g/mol. The van der Waals surface area contributed by atoms with Crippen LogP contribution in [0.15, 0.2) is 44.9 Å². The van der Waals surface area contributed by atoms with Gasteiger partial charge in [-0.15, -0.1) is 0 Å². The minimum Gasteiger partial charge on any atom is -0.357 e. The van der Waals surface area contributed by atoms with Crippen molar-refractivity contribution in [3.05, 3.63) is 40.5 Å². The van der Waals surface area contributed by atoms with E-state index in [1.807, 2.05) is 7.05 Å². The molecule has 1 heterocycles. The number of hydrogen-bond acceptors (Lipinski definition) is 4. The van der Waals surface area contributed by atoms with Gasteiger partial charge in [-0.2, -0.15) is 0 Å². The molecule has 0 unspecified atom stereocenters. The molecule has 0 atom stereocenters. The Labute approximate surface area is 126 Å². The Morgan fingerprint density at radius 1 is 1.21 bits per heavy atom. The van der Waals surface area contributed by atoms with Gasteiger partial charge in [0.05, 0.1) is 4.47 Å². The Bertz CT molecular complexity index is 555. The first-order chi connectivity index (χ1) is 9.10. The second kappa shape index (κ2) is 6.39. The lowest BCUT2D eigenvalue weighted by Gasteiger charge is -2.08. The van der Waals surface area contributed by atoms with Crippen LogP contribution >= 0.6 is 27.7 Å². The van der Waals surface area contributed by atoms with Gasteiger partial charge >= 0.3 is 0 Å². The smallest absolute Gasteiger partial charge is 0.223 e. The molecule has 100 valence electrons. The molecule has 0 amide bonds. The van der Waals surface area contributed by atoms with Gasteiger partial charge in [0.15, 0.2) is 0 Å². The molecule has 0 aliphatic rings. The van der Waals surface area contributed by atoms with Crippen LogP contribution in [-0.2, 0) is 0 Å². The van der Waals surface area contributed by atoms with Gasteiger partial charge in [0.25, 0.3) is 0 Å². The van der Waals surface area contributed by atoms with Crippen molar-refractivity contribution in [3.8, 4) is 0 Å². The summed E-state index contributed by atoms with van der Waals surface area (Å²) in [6.07, 6.45) is 1.77. The SMILES string of the molecule is CNc1ncc(Br)c(Sc2ccc(C(C)C)cc2)n1. The lowest BCUT2D eigenvalue weighted by atomic mass is 10.0. The quantitative estimate of drug-likeness (QED) is 0.830. The van der Waals surface area contributed by atoms with Crippen LogP contribution in [0.4, 0.5) is 5.95 Å². The zero-order valence-corrected chi connectivity index (χ0v) is 13.5. The van der Waals surface area contributed by atoms with E-state index in [1.54, 1.807) is 18.0 Å². The molecule has 5 heteroatoms. The number of aromatic nitrogens is 2. The highest BCUT2D eigenvalue weighted by molar-refractivity contribution is 9.10. The summed E-state index contributed by atoms with van der Waals surface area (Å²) < 4.78 is 0.907. The fourth-order valence-electron chi connectivity index (χ4n) is 1.58. The largest absolute Gasteiger partial charge is 0.357 e. The van der Waals surface area contributed by atoms with E-state index < -0.39 is 0 Å². The number of nitrogens with one attached hydrogen (secondary N) is 1. The van der Waals surface area contributed by atoms with Gasteiger partial charge in [-0.05, 0) is 39.5 Å². The number of anilines is 1. The molecule has 3 nitrogen and oxygen atoms in total. The van der Waals surface area contributed by atoms with E-state index in [9.17, 15) is 0 Å². The fraction of sp³-hybridized carbons (Fsp3) is 0.286. The Morgan fingerprint density at radius 3 is 2.47 bits per heavy atom. The molecule has 19 heavy (non-hydrogen) atoms. The highest BCUT2D eigenvalue weighted by atomic mass is 79.9. The number of nitrogens with zero attached hydrogens (tertiary/aromatic N) is 2. The van der Waals surface area contributed by atoms with Crippen molar-refractivity contribution in [1.82, 2.24) is 9.97 Å². The van der Waals surface area contributed by atoms with Crippen molar-refractivity contribution in [2.75, 3.05) is 12.4 Å². The highest BCUT2D eigenvalue weighted by Gasteiger charge is 2.07. The molecule has 0 fully saturated rings. The molecule has 0 spiro atoms. The molecule has 1 aromatic carbocycles. The minimum absolute atomic E-state index is 0.556. The van der Waals surface area contributed by atoms with E-state index in [4.69, 9.17) is 0 Å². The van der Waals surface area contributed by atoms with Gasteiger partial charge in [-0.25, -0.2) is 9.97 Å². The Kier molecular flexibility index (Phi) is 4.82. The van der Waals surface area contributed by atoms with Crippen LogP contribution in [0.5, 0.6) is 0 Å². The van der Waals surface area contributed by atoms with Gasteiger partial charge in [0.1, 0.15) is 5.03 Å². The zero-order valence-electron chi connectivity index (χ0n) is 11.1. The van der Waals surface area contributed by atoms with Crippen molar-refractivity contribution in [2.24, 2.45) is 0 Å². The van der Waals surface area contributed by atoms with Crippen molar-refractivity contribution in [1.29, 1.82) is 0 Å². The van der Waals surface area contributed by atoms with Gasteiger partial charge in [-0.3, -0.25) is 0 Å². The normalized spacial score (nSPS) is 10.8. The maximum absolute atomic E-state index is 4.44. The molecular weight excluding hydrogens is 322 g/mol. The van der Waals surface area contributed by atoms with Crippen molar-refractivity contribution >= 4 is 33.6 Å². The summed E-state index contributed by atoms with van der Waals surface area (Å²) in [7, 11) is 1.81. The average Bonchev–Trinajstić information content (AvgIpc) is 2.42. The summed E-state index contributed by atoms with van der Waals surface area (Å²) in [6.45, 7) is 4.39. The third-order valence-electron chi connectivity index (χ3n) is 2.70. The van der Waals surface area contributed by atoms with Crippen LogP contribution in [0, 0.1) is 0 Å². The van der Waals surface area contributed by atoms with Gasteiger partial charge in [0, 0.05) is 18.1 Å². The van der Waals surface area contributed by atoms with E-state index >= 15 is 0 Å². The maximum Gasteiger partial charge on any atom is 0.223 e. The molecule has 0 aliphatic carbocycles. The first-order valence-electron chi connectivity index (χ1n) is 6.08. The van der Waals surface area contributed by atoms with E-state index in [-0.39, 0.29) is 0 Å². The lowest BCUT2D eigenvalue weighted by molar-refractivity contribution is 0.865. The predicted molar refractivity (Wildman–Crippen MR) is 83.9 cm³/mol. The third-order valence-corrected chi connectivity index (χ3v) is 4.55. The van der Waals surface area contributed by atoms with Crippen LogP contribution in [0.25, 0.3) is 0 Å². The molecule has 0 saturated carbocycles. The monoisotopic (exact) mass is 337 g/mol. The molecular formula is C14H16BrN3S. The number of rotatable bonds is 4. The van der Waals surface area contributed by atoms with Crippen molar-refractivity contribution < 1.29 is 0 Å². The van der Waals surface area contributed by atoms with Crippen LogP contribution in [0.1, 0.15) is 25.3 Å². The van der Waals surface area contributed by atoms with Gasteiger partial charge in [-0.1, -0.05) is 37.7 Å². The number of halogens is 1. The maximum atomic E-state index is 4.44. The van der Waals surface area contributed by atoms with Crippen LogP contribution in [-0.4, -0.2) is 17.0 Å². The summed E-state index contributed by atoms with van der Waals surface area (Å²) in [5.74, 6) is 1.19. The predicted octanol–water partition coefficient (Wildman–Crippen LogP) is 4.56. The molecule has 1 N–H and O–H groups in total. The zero-order chi connectivity index (χ0) is 13.8. The molecule has 0 aliphatic heterocycles. The lowest BCUT2D eigenvalue weighted by Crippen LogP contribution is -1.97. The summed E-state index contributed by atoms with van der Waals surface area (Å²) in [6, 6.07) is 8.60. The number of hydrogen-bond donors (Lipinski definition) is 1. The molecule has 1 aromatic heterocycles. The summed E-state index contributed by atoms with van der Waals surface area (Å²) in [4.78, 5) is 9.76. The van der Waals surface area contributed by atoms with Crippen LogP contribution in [0.2, 0.25) is 0 Å². The van der Waals surface area contributed by atoms with Gasteiger partial charge < -0.3 is 5.32 Å². The molecule has 2 aromatic rings. The molecule has 0 bridgehead atoms. The van der Waals surface area contributed by atoms with E-state index in [2.05, 4.69) is 69.3 Å². The third kappa shape index (κ3) is 3.70. The standard InChI is InChI=1S/C14H16BrN3S/c1-9(2)10-4-6-11(7-5-10)19-13-12(15)8-17-14(16-3)18-13/h4-9H,1-3H3,(H,16,17,18). The molecule has 0 radical (unpaired) electrons. The van der Waals surface area contributed by atoms with E-state index in [0.29, 0.717) is 11.9 Å². The first kappa shape index (κ1) is 14.3. The highest BCUT2D eigenvalue weighted by Crippen LogP contribution is 2.32. The summed E-state index contributed by atoms with van der Waals surface area (Å²) in [5, 5.41) is 3.86. The molecule has 0 saturated heterocycles. The topological polar surface area (TPSA) is 37.8 Å². The van der Waals surface area contributed by atoms with E-state index in [1.165, 1.54) is 10.5 Å². The van der Waals surface area contributed by atoms with E-state index in [0.717, 1.165) is 9.50 Å². The van der Waals surface area contributed by atoms with Crippen LogP contribution < -0.4 is 5.32 Å². The first-order valence-corrected chi connectivity index (χ1v) is 7.69. The Balaban J connectivity index is 2.20. The summed E-state index contributed by atoms with van der Waals surface area (Å²) in [5.41, 5.74) is 1.35. The number of benzene rings is 1. The second-order valence-electron chi connectivity index (χ2n) is 4.42. The summed E-state index contributed by atoms with van der Waals surface area (Å²) >= 11 is 5.11. The van der Waals surface area contributed by atoms with Crippen molar-refractivity contribution in [2.45, 2.75) is 29.7 Å².